The Labute approximate surface area is 109 Å². The summed E-state index contributed by atoms with van der Waals surface area (Å²) in [4.78, 5) is 2.57. The number of hydrogen-bond acceptors (Lipinski definition) is 2. The fourth-order valence-corrected chi connectivity index (χ4v) is 2.73. The van der Waals surface area contributed by atoms with E-state index in [4.69, 9.17) is 4.74 Å². The van der Waals surface area contributed by atoms with Gasteiger partial charge in [0, 0.05) is 24.2 Å². The molecule has 2 heteroatoms. The van der Waals surface area contributed by atoms with E-state index in [0.717, 1.165) is 13.0 Å². The maximum atomic E-state index is 5.85. The van der Waals surface area contributed by atoms with E-state index in [2.05, 4.69) is 67.2 Å². The zero-order valence-corrected chi connectivity index (χ0v) is 13.4. The van der Waals surface area contributed by atoms with Crippen LogP contribution >= 0.6 is 0 Å². The first kappa shape index (κ1) is 16.9. The first-order valence-corrected chi connectivity index (χ1v) is 6.90. The largest absolute Gasteiger partial charge is 0.376 e. The Bertz CT molecular complexity index is 205. The molecule has 0 aromatic carbocycles. The molecule has 0 aliphatic rings. The molecule has 0 aliphatic carbocycles. The summed E-state index contributed by atoms with van der Waals surface area (Å²) >= 11 is 0. The van der Waals surface area contributed by atoms with Crippen molar-refractivity contribution in [3.8, 4) is 0 Å². The summed E-state index contributed by atoms with van der Waals surface area (Å²) in [7, 11) is 0. The first-order valence-electron chi connectivity index (χ1n) is 6.90. The van der Waals surface area contributed by atoms with Gasteiger partial charge in [-0.25, -0.2) is 0 Å². The molecule has 0 heterocycles. The summed E-state index contributed by atoms with van der Waals surface area (Å²) in [5, 5.41) is 0. The minimum Gasteiger partial charge on any atom is -0.376 e. The summed E-state index contributed by atoms with van der Waals surface area (Å²) in [6.45, 7) is 20.9. The smallest absolute Gasteiger partial charge is 0.0598 e. The number of hydrogen-bond donors (Lipinski definition) is 0. The highest BCUT2D eigenvalue weighted by atomic mass is 16.5. The Morgan fingerprint density at radius 3 is 1.59 bits per heavy atom. The molecule has 0 rings (SSSR count). The molecule has 0 unspecified atom stereocenters. The van der Waals surface area contributed by atoms with Crippen LogP contribution in [-0.2, 0) is 4.74 Å². The van der Waals surface area contributed by atoms with Gasteiger partial charge in [-0.15, -0.1) is 0 Å². The lowest BCUT2D eigenvalue weighted by atomic mass is 9.94. The van der Waals surface area contributed by atoms with Crippen molar-refractivity contribution in [2.24, 2.45) is 0 Å². The van der Waals surface area contributed by atoms with Crippen LogP contribution in [0.5, 0.6) is 0 Å². The maximum absolute atomic E-state index is 5.85. The number of ether oxygens (including phenoxy) is 1. The Morgan fingerprint density at radius 1 is 0.882 bits per heavy atom. The lowest BCUT2D eigenvalue weighted by Gasteiger charge is -2.44. The molecule has 0 amide bonds. The van der Waals surface area contributed by atoms with Gasteiger partial charge in [-0.3, -0.25) is 4.90 Å². The molecule has 0 aliphatic heterocycles. The van der Waals surface area contributed by atoms with Crippen molar-refractivity contribution in [2.45, 2.75) is 92.0 Å². The van der Waals surface area contributed by atoms with E-state index < -0.39 is 0 Å². The van der Waals surface area contributed by atoms with E-state index in [9.17, 15) is 0 Å². The molecule has 0 saturated carbocycles. The predicted octanol–water partition coefficient (Wildman–Crippen LogP) is 4.09. The third kappa shape index (κ3) is 6.42. The molecular formula is C15H33NO. The van der Waals surface area contributed by atoms with Gasteiger partial charge in [-0.05, 0) is 68.7 Å². The highest BCUT2D eigenvalue weighted by molar-refractivity contribution is 4.86. The molecule has 0 atom stereocenters. The molecule has 0 aromatic rings. The van der Waals surface area contributed by atoms with Crippen molar-refractivity contribution in [3.05, 3.63) is 0 Å². The van der Waals surface area contributed by atoms with Gasteiger partial charge >= 0.3 is 0 Å². The summed E-state index contributed by atoms with van der Waals surface area (Å²) in [5.74, 6) is 0. The van der Waals surface area contributed by atoms with Gasteiger partial charge in [0.05, 0.1) is 5.60 Å². The van der Waals surface area contributed by atoms with E-state index >= 15 is 0 Å². The zero-order chi connectivity index (χ0) is 13.9. The van der Waals surface area contributed by atoms with Crippen LogP contribution in [0.2, 0.25) is 0 Å². The average Bonchev–Trinajstić information content (AvgIpc) is 1.96. The Hall–Kier alpha value is -0.0800. The summed E-state index contributed by atoms with van der Waals surface area (Å²) in [6.07, 6.45) is 1.07. The molecule has 0 radical (unpaired) electrons. The first-order chi connectivity index (χ1) is 7.47. The van der Waals surface area contributed by atoms with E-state index in [0.29, 0.717) is 12.1 Å². The van der Waals surface area contributed by atoms with E-state index in [1.54, 1.807) is 0 Å². The van der Waals surface area contributed by atoms with Crippen LogP contribution < -0.4 is 0 Å². The van der Waals surface area contributed by atoms with Crippen LogP contribution in [0.15, 0.2) is 0 Å². The van der Waals surface area contributed by atoms with Gasteiger partial charge in [-0.1, -0.05) is 0 Å². The van der Waals surface area contributed by atoms with Crippen LogP contribution in [0, 0.1) is 0 Å². The molecule has 104 valence electrons. The maximum Gasteiger partial charge on any atom is 0.0598 e. The third-order valence-corrected chi connectivity index (χ3v) is 3.06. The monoisotopic (exact) mass is 243 g/mol. The van der Waals surface area contributed by atoms with Gasteiger partial charge in [-0.2, -0.15) is 0 Å². The van der Waals surface area contributed by atoms with Crippen molar-refractivity contribution in [2.75, 3.05) is 6.61 Å². The van der Waals surface area contributed by atoms with Crippen LogP contribution in [0.1, 0.15) is 68.7 Å². The van der Waals surface area contributed by atoms with Crippen molar-refractivity contribution >= 4 is 0 Å². The molecule has 17 heavy (non-hydrogen) atoms. The van der Waals surface area contributed by atoms with Crippen molar-refractivity contribution in [1.82, 2.24) is 4.90 Å². The second-order valence-corrected chi connectivity index (χ2v) is 7.12. The molecule has 0 aromatic heterocycles. The standard InChI is InChI=1S/C15H33NO/c1-12(2)16(13(3)4)15(8,9)10-11-17-14(5,6)7/h12-13H,10-11H2,1-9H3. The Kier molecular flexibility index (Phi) is 6.16. The second kappa shape index (κ2) is 6.19. The Morgan fingerprint density at radius 2 is 1.29 bits per heavy atom. The normalized spacial score (nSPS) is 14.1. The van der Waals surface area contributed by atoms with Gasteiger partial charge in [0.2, 0.25) is 0 Å². The molecular weight excluding hydrogens is 210 g/mol. The van der Waals surface area contributed by atoms with E-state index in [-0.39, 0.29) is 11.1 Å². The van der Waals surface area contributed by atoms with E-state index in [1.807, 2.05) is 0 Å². The van der Waals surface area contributed by atoms with Crippen LogP contribution in [0.3, 0.4) is 0 Å². The van der Waals surface area contributed by atoms with Gasteiger partial charge in [0.15, 0.2) is 0 Å². The van der Waals surface area contributed by atoms with Crippen LogP contribution in [0.25, 0.3) is 0 Å². The predicted molar refractivity (Wildman–Crippen MR) is 76.5 cm³/mol. The average molecular weight is 243 g/mol. The van der Waals surface area contributed by atoms with Gasteiger partial charge < -0.3 is 4.74 Å². The molecule has 0 fully saturated rings. The lowest BCUT2D eigenvalue weighted by Crippen LogP contribution is -2.52. The second-order valence-electron chi connectivity index (χ2n) is 7.12. The molecule has 0 spiro atoms. The highest BCUT2D eigenvalue weighted by Crippen LogP contribution is 2.25. The fraction of sp³-hybridized carbons (Fsp3) is 1.00. The SMILES string of the molecule is CC(C)N(C(C)C)C(C)(C)CCOC(C)(C)C. The van der Waals surface area contributed by atoms with Crippen molar-refractivity contribution in [3.63, 3.8) is 0 Å². The molecule has 0 bridgehead atoms. The highest BCUT2D eigenvalue weighted by Gasteiger charge is 2.30. The summed E-state index contributed by atoms with van der Waals surface area (Å²) in [5.41, 5.74) is 0.157. The van der Waals surface area contributed by atoms with Gasteiger partial charge in [0.25, 0.3) is 0 Å². The molecule has 2 nitrogen and oxygen atoms in total. The van der Waals surface area contributed by atoms with Crippen molar-refractivity contribution in [1.29, 1.82) is 0 Å². The van der Waals surface area contributed by atoms with Crippen molar-refractivity contribution < 1.29 is 4.74 Å². The zero-order valence-electron chi connectivity index (χ0n) is 13.4. The summed E-state index contributed by atoms with van der Waals surface area (Å²) < 4.78 is 5.85. The van der Waals surface area contributed by atoms with Crippen LogP contribution in [-0.4, -0.2) is 34.7 Å². The Balaban J connectivity index is 4.43. The fourth-order valence-electron chi connectivity index (χ4n) is 2.73. The van der Waals surface area contributed by atoms with Gasteiger partial charge in [0.1, 0.15) is 0 Å². The minimum atomic E-state index is -0.0312. The topological polar surface area (TPSA) is 12.5 Å². The number of nitrogens with zero attached hydrogens (tertiary/aromatic N) is 1. The number of rotatable bonds is 6. The third-order valence-electron chi connectivity index (χ3n) is 3.06. The lowest BCUT2D eigenvalue weighted by molar-refractivity contribution is -0.0349. The quantitative estimate of drug-likeness (QED) is 0.696. The minimum absolute atomic E-state index is 0.0312. The molecule has 0 N–H and O–H groups in total. The van der Waals surface area contributed by atoms with E-state index in [1.165, 1.54) is 0 Å². The summed E-state index contributed by atoms with van der Waals surface area (Å²) in [6, 6.07) is 1.14. The van der Waals surface area contributed by atoms with Crippen LogP contribution in [0.4, 0.5) is 0 Å². The molecule has 0 saturated heterocycles.